The molecule has 0 bridgehead atoms. The van der Waals surface area contributed by atoms with Crippen LogP contribution in [0.25, 0.3) is 0 Å². The van der Waals surface area contributed by atoms with Gasteiger partial charge >= 0.3 is 5.97 Å². The molecule has 6 heteroatoms. The first-order valence-electron chi connectivity index (χ1n) is 8.86. The minimum Gasteiger partial charge on any atom is -0.467 e. The first-order chi connectivity index (χ1) is 12.9. The molecule has 1 amide bonds. The van der Waals surface area contributed by atoms with Crippen molar-refractivity contribution in [3.05, 3.63) is 66.2 Å². The molecule has 0 unspecified atom stereocenters. The van der Waals surface area contributed by atoms with E-state index in [0.717, 1.165) is 11.3 Å². The Balaban J connectivity index is 2.23. The fraction of sp³-hybridized carbons (Fsp3) is 0.333. The summed E-state index contributed by atoms with van der Waals surface area (Å²) in [5, 5.41) is 16.5. The van der Waals surface area contributed by atoms with Crippen molar-refractivity contribution in [1.29, 1.82) is 0 Å². The number of ether oxygens (including phenoxy) is 1. The van der Waals surface area contributed by atoms with Crippen LogP contribution >= 0.6 is 0 Å². The molecule has 0 fully saturated rings. The van der Waals surface area contributed by atoms with E-state index in [1.807, 2.05) is 60.7 Å². The topological polar surface area (TPSA) is 87.7 Å². The van der Waals surface area contributed by atoms with E-state index < -0.39 is 30.1 Å². The number of aliphatic hydroxyl groups is 1. The van der Waals surface area contributed by atoms with Crippen LogP contribution in [0.4, 0.5) is 5.69 Å². The largest absolute Gasteiger partial charge is 0.467 e. The maximum absolute atomic E-state index is 12.7. The third kappa shape index (κ3) is 5.56. The lowest BCUT2D eigenvalue weighted by atomic mass is 9.98. The molecular formula is C21H26N2O4. The standard InChI is InChI=1S/C21H26N2O4/c1-14(2)17(21(26)27-3)23-20(25)19(24)18(15-10-6-4-7-11-15)22-16-12-8-5-9-13-16/h4-14,17-19,22,24H,1-3H3,(H,23,25)/t17-,18+,19-/m0/s1. The highest BCUT2D eigenvalue weighted by Crippen LogP contribution is 2.23. The zero-order valence-electron chi connectivity index (χ0n) is 15.8. The SMILES string of the molecule is COC(=O)[C@@H](NC(=O)[C@@H](O)[C@H](Nc1ccccc1)c1ccccc1)C(C)C. The zero-order valence-corrected chi connectivity index (χ0v) is 15.8. The van der Waals surface area contributed by atoms with Gasteiger partial charge in [0.1, 0.15) is 6.04 Å². The number of esters is 1. The van der Waals surface area contributed by atoms with E-state index in [4.69, 9.17) is 4.74 Å². The van der Waals surface area contributed by atoms with Gasteiger partial charge in [-0.2, -0.15) is 0 Å². The monoisotopic (exact) mass is 370 g/mol. The van der Waals surface area contributed by atoms with Gasteiger partial charge in [0.05, 0.1) is 13.2 Å². The van der Waals surface area contributed by atoms with Crippen LogP contribution in [0, 0.1) is 5.92 Å². The first-order valence-corrected chi connectivity index (χ1v) is 8.86. The van der Waals surface area contributed by atoms with Crippen LogP contribution in [0.1, 0.15) is 25.5 Å². The van der Waals surface area contributed by atoms with Gasteiger partial charge in [-0.1, -0.05) is 62.4 Å². The summed E-state index contributed by atoms with van der Waals surface area (Å²) in [6, 6.07) is 17.0. The van der Waals surface area contributed by atoms with Crippen LogP contribution in [0.3, 0.4) is 0 Å². The van der Waals surface area contributed by atoms with Gasteiger partial charge in [-0.25, -0.2) is 4.79 Å². The summed E-state index contributed by atoms with van der Waals surface area (Å²) in [5.74, 6) is -1.36. The number of methoxy groups -OCH3 is 1. The lowest BCUT2D eigenvalue weighted by Crippen LogP contribution is -2.50. The molecule has 2 aromatic rings. The number of benzene rings is 2. The van der Waals surface area contributed by atoms with Crippen molar-refractivity contribution in [2.45, 2.75) is 32.0 Å². The average molecular weight is 370 g/mol. The normalized spacial score (nSPS) is 14.1. The van der Waals surface area contributed by atoms with Crippen LogP contribution < -0.4 is 10.6 Å². The minimum absolute atomic E-state index is 0.175. The Morgan fingerprint density at radius 3 is 2.04 bits per heavy atom. The van der Waals surface area contributed by atoms with E-state index >= 15 is 0 Å². The zero-order chi connectivity index (χ0) is 19.8. The van der Waals surface area contributed by atoms with Gasteiger partial charge < -0.3 is 20.5 Å². The van der Waals surface area contributed by atoms with Crippen molar-refractivity contribution in [2.75, 3.05) is 12.4 Å². The smallest absolute Gasteiger partial charge is 0.328 e. The van der Waals surface area contributed by atoms with Crippen molar-refractivity contribution in [3.63, 3.8) is 0 Å². The van der Waals surface area contributed by atoms with Gasteiger partial charge in [0.2, 0.25) is 0 Å². The molecule has 0 aliphatic rings. The maximum atomic E-state index is 12.7. The second-order valence-electron chi connectivity index (χ2n) is 6.60. The molecule has 3 atom stereocenters. The molecule has 0 aromatic heterocycles. The van der Waals surface area contributed by atoms with Crippen molar-refractivity contribution in [3.8, 4) is 0 Å². The molecule has 144 valence electrons. The fourth-order valence-electron chi connectivity index (χ4n) is 2.73. The fourth-order valence-corrected chi connectivity index (χ4v) is 2.73. The Kier molecular flexibility index (Phi) is 7.37. The predicted molar refractivity (Wildman–Crippen MR) is 104 cm³/mol. The number of aliphatic hydroxyl groups excluding tert-OH is 1. The van der Waals surface area contributed by atoms with Gasteiger partial charge in [0.15, 0.2) is 6.10 Å². The number of carbonyl (C=O) groups is 2. The second kappa shape index (κ2) is 9.73. The van der Waals surface area contributed by atoms with E-state index in [1.165, 1.54) is 7.11 Å². The summed E-state index contributed by atoms with van der Waals surface area (Å²) in [4.78, 5) is 24.6. The molecular weight excluding hydrogens is 344 g/mol. The van der Waals surface area contributed by atoms with E-state index in [9.17, 15) is 14.7 Å². The molecule has 0 aliphatic heterocycles. The van der Waals surface area contributed by atoms with Crippen LogP contribution in [0.15, 0.2) is 60.7 Å². The van der Waals surface area contributed by atoms with Gasteiger partial charge in [0.25, 0.3) is 5.91 Å². The van der Waals surface area contributed by atoms with E-state index in [2.05, 4.69) is 10.6 Å². The van der Waals surface area contributed by atoms with Gasteiger partial charge in [-0.05, 0) is 23.6 Å². The molecule has 3 N–H and O–H groups in total. The Labute approximate surface area is 159 Å². The van der Waals surface area contributed by atoms with E-state index in [1.54, 1.807) is 13.8 Å². The second-order valence-corrected chi connectivity index (χ2v) is 6.60. The molecule has 0 spiro atoms. The highest BCUT2D eigenvalue weighted by Gasteiger charge is 2.32. The van der Waals surface area contributed by atoms with Gasteiger partial charge in [0, 0.05) is 5.69 Å². The number of rotatable bonds is 8. The quantitative estimate of drug-likeness (QED) is 0.622. The van der Waals surface area contributed by atoms with Crippen LogP contribution in [-0.4, -0.2) is 36.2 Å². The highest BCUT2D eigenvalue weighted by molar-refractivity contribution is 5.87. The van der Waals surface area contributed by atoms with Crippen molar-refractivity contribution in [2.24, 2.45) is 5.92 Å². The van der Waals surface area contributed by atoms with Crippen LogP contribution in [0.5, 0.6) is 0 Å². The van der Waals surface area contributed by atoms with E-state index in [-0.39, 0.29) is 5.92 Å². The van der Waals surface area contributed by atoms with Crippen molar-refractivity contribution in [1.82, 2.24) is 5.32 Å². The Hall–Kier alpha value is -2.86. The molecule has 0 radical (unpaired) electrons. The Morgan fingerprint density at radius 2 is 1.52 bits per heavy atom. The molecule has 2 aromatic carbocycles. The van der Waals surface area contributed by atoms with Gasteiger partial charge in [-0.15, -0.1) is 0 Å². The number of hydrogen-bond donors (Lipinski definition) is 3. The summed E-state index contributed by atoms with van der Waals surface area (Å²) in [6.45, 7) is 3.59. The summed E-state index contributed by atoms with van der Waals surface area (Å²) >= 11 is 0. The molecule has 27 heavy (non-hydrogen) atoms. The number of nitrogens with one attached hydrogen (secondary N) is 2. The summed E-state index contributed by atoms with van der Waals surface area (Å²) in [5.41, 5.74) is 1.52. The van der Waals surface area contributed by atoms with E-state index in [0.29, 0.717) is 0 Å². The predicted octanol–water partition coefficient (Wildman–Crippen LogP) is 2.51. The number of hydrogen-bond acceptors (Lipinski definition) is 5. The number of amides is 1. The lowest BCUT2D eigenvalue weighted by molar-refractivity contribution is -0.147. The Bertz CT molecular complexity index is 734. The molecule has 0 saturated carbocycles. The highest BCUT2D eigenvalue weighted by atomic mass is 16.5. The number of para-hydroxylation sites is 1. The van der Waals surface area contributed by atoms with Gasteiger partial charge in [-0.3, -0.25) is 4.79 Å². The Morgan fingerprint density at radius 1 is 0.963 bits per heavy atom. The molecule has 0 heterocycles. The third-order valence-corrected chi connectivity index (χ3v) is 4.26. The average Bonchev–Trinajstić information content (AvgIpc) is 2.70. The molecule has 2 rings (SSSR count). The number of carbonyl (C=O) groups excluding carboxylic acids is 2. The minimum atomic E-state index is -1.40. The molecule has 6 nitrogen and oxygen atoms in total. The number of anilines is 1. The van der Waals surface area contributed by atoms with Crippen molar-refractivity contribution < 1.29 is 19.4 Å². The third-order valence-electron chi connectivity index (χ3n) is 4.26. The summed E-state index contributed by atoms with van der Waals surface area (Å²) in [6.07, 6.45) is -1.40. The van der Waals surface area contributed by atoms with Crippen molar-refractivity contribution >= 4 is 17.6 Å². The van der Waals surface area contributed by atoms with Crippen LogP contribution in [-0.2, 0) is 14.3 Å². The molecule has 0 saturated heterocycles. The summed E-state index contributed by atoms with van der Waals surface area (Å²) in [7, 11) is 1.27. The lowest BCUT2D eigenvalue weighted by Gasteiger charge is -2.27. The molecule has 0 aliphatic carbocycles. The maximum Gasteiger partial charge on any atom is 0.328 e. The summed E-state index contributed by atoms with van der Waals surface area (Å²) < 4.78 is 4.74. The van der Waals surface area contributed by atoms with Crippen LogP contribution in [0.2, 0.25) is 0 Å². The first kappa shape index (κ1) is 20.5.